The second-order valence-corrected chi connectivity index (χ2v) is 9.16. The number of likely N-dealkylation sites (N-methyl/N-ethyl adjacent to an activating group) is 1. The molecule has 0 aliphatic carbocycles. The topological polar surface area (TPSA) is 43.9 Å². The Bertz CT molecular complexity index is 571. The Balaban J connectivity index is 1.72. The van der Waals surface area contributed by atoms with Gasteiger partial charge in [-0.2, -0.15) is 4.31 Å². The van der Waals surface area contributed by atoms with Gasteiger partial charge in [0.25, 0.3) is 10.0 Å². The lowest BCUT2D eigenvalue weighted by molar-refractivity contribution is 0.222. The van der Waals surface area contributed by atoms with Crippen LogP contribution in [0.2, 0.25) is 0 Å². The van der Waals surface area contributed by atoms with Crippen LogP contribution in [-0.2, 0) is 10.0 Å². The van der Waals surface area contributed by atoms with E-state index in [1.807, 2.05) is 11.4 Å². The molecule has 21 heavy (non-hydrogen) atoms. The molecule has 5 nitrogen and oxygen atoms in total. The molecule has 1 aromatic heterocycles. The average Bonchev–Trinajstić information content (AvgIpc) is 3.13. The van der Waals surface area contributed by atoms with Crippen LogP contribution in [-0.4, -0.2) is 74.9 Å². The molecule has 2 aliphatic rings. The fourth-order valence-electron chi connectivity index (χ4n) is 3.47. The van der Waals surface area contributed by atoms with Crippen LogP contribution >= 0.6 is 11.3 Å². The zero-order valence-electron chi connectivity index (χ0n) is 12.6. The van der Waals surface area contributed by atoms with Gasteiger partial charge in [0.05, 0.1) is 0 Å². The SMILES string of the molecule is CN(C)CCN1CC[C@H]2[C@H]1CCN2S(=O)(=O)c1cccs1. The molecule has 0 radical (unpaired) electrons. The van der Waals surface area contributed by atoms with E-state index in [1.165, 1.54) is 11.3 Å². The lowest BCUT2D eigenvalue weighted by atomic mass is 10.1. The summed E-state index contributed by atoms with van der Waals surface area (Å²) >= 11 is 1.32. The number of sulfonamides is 1. The van der Waals surface area contributed by atoms with Crippen LogP contribution in [0, 0.1) is 0 Å². The van der Waals surface area contributed by atoms with Gasteiger partial charge in [0, 0.05) is 38.3 Å². The van der Waals surface area contributed by atoms with Gasteiger partial charge in [-0.15, -0.1) is 11.3 Å². The summed E-state index contributed by atoms with van der Waals surface area (Å²) in [5, 5.41) is 1.83. The van der Waals surface area contributed by atoms with Gasteiger partial charge in [-0.1, -0.05) is 6.07 Å². The highest BCUT2D eigenvalue weighted by molar-refractivity contribution is 7.91. The van der Waals surface area contributed by atoms with Crippen molar-refractivity contribution in [2.24, 2.45) is 0 Å². The summed E-state index contributed by atoms with van der Waals surface area (Å²) in [6.07, 6.45) is 1.92. The van der Waals surface area contributed by atoms with E-state index in [1.54, 1.807) is 10.4 Å². The zero-order valence-corrected chi connectivity index (χ0v) is 14.2. The Kier molecular flexibility index (Phi) is 4.38. The third-order valence-corrected chi connectivity index (χ3v) is 7.83. The van der Waals surface area contributed by atoms with Gasteiger partial charge in [-0.25, -0.2) is 8.42 Å². The maximum absolute atomic E-state index is 12.7. The average molecular weight is 329 g/mol. The van der Waals surface area contributed by atoms with Crippen molar-refractivity contribution in [1.82, 2.24) is 14.1 Å². The van der Waals surface area contributed by atoms with Crippen molar-refractivity contribution in [2.75, 3.05) is 40.3 Å². The van der Waals surface area contributed by atoms with Crippen LogP contribution in [0.1, 0.15) is 12.8 Å². The molecule has 3 rings (SSSR count). The predicted octanol–water partition coefficient (Wildman–Crippen LogP) is 1.15. The fraction of sp³-hybridized carbons (Fsp3) is 0.714. The highest BCUT2D eigenvalue weighted by Crippen LogP contribution is 2.36. The molecule has 2 aliphatic heterocycles. The van der Waals surface area contributed by atoms with Gasteiger partial charge in [0.1, 0.15) is 4.21 Å². The third-order valence-electron chi connectivity index (χ3n) is 4.53. The molecule has 0 bridgehead atoms. The highest BCUT2D eigenvalue weighted by atomic mass is 32.2. The normalized spacial score (nSPS) is 27.6. The van der Waals surface area contributed by atoms with E-state index in [9.17, 15) is 8.42 Å². The number of hydrogen-bond acceptors (Lipinski definition) is 5. The number of nitrogens with zero attached hydrogens (tertiary/aromatic N) is 3. The summed E-state index contributed by atoms with van der Waals surface area (Å²) in [5.41, 5.74) is 0. The maximum Gasteiger partial charge on any atom is 0.252 e. The summed E-state index contributed by atoms with van der Waals surface area (Å²) in [4.78, 5) is 4.65. The first-order valence-electron chi connectivity index (χ1n) is 7.44. The first-order chi connectivity index (χ1) is 10.00. The predicted molar refractivity (Wildman–Crippen MR) is 85.1 cm³/mol. The standard InChI is InChI=1S/C14H23N3O2S2/c1-15(2)9-10-16-7-5-13-12(16)6-8-17(13)21(18,19)14-4-3-11-20-14/h3-4,11-13H,5-10H2,1-2H3/t12-,13+/m1/s1. The van der Waals surface area contributed by atoms with Gasteiger partial charge < -0.3 is 4.90 Å². The molecule has 0 amide bonds. The van der Waals surface area contributed by atoms with E-state index in [4.69, 9.17) is 0 Å². The van der Waals surface area contributed by atoms with Crippen LogP contribution in [0.3, 0.4) is 0 Å². The second kappa shape index (κ2) is 5.96. The van der Waals surface area contributed by atoms with Crippen LogP contribution in [0.15, 0.2) is 21.7 Å². The van der Waals surface area contributed by atoms with E-state index in [2.05, 4.69) is 23.9 Å². The second-order valence-electron chi connectivity index (χ2n) is 6.10. The quantitative estimate of drug-likeness (QED) is 0.813. The Labute approximate surface area is 131 Å². The number of rotatable bonds is 5. The number of thiophene rings is 1. The summed E-state index contributed by atoms with van der Waals surface area (Å²) in [6, 6.07) is 4.09. The van der Waals surface area contributed by atoms with Gasteiger partial charge in [-0.05, 0) is 38.4 Å². The fourth-order valence-corrected chi connectivity index (χ4v) is 6.28. The lowest BCUT2D eigenvalue weighted by Crippen LogP contribution is -2.41. The summed E-state index contributed by atoms with van der Waals surface area (Å²) < 4.78 is 27.7. The Morgan fingerprint density at radius 3 is 2.71 bits per heavy atom. The molecule has 0 spiro atoms. The minimum Gasteiger partial charge on any atom is -0.308 e. The molecule has 0 unspecified atom stereocenters. The lowest BCUT2D eigenvalue weighted by Gasteiger charge is -2.26. The highest BCUT2D eigenvalue weighted by Gasteiger charge is 2.47. The molecular weight excluding hydrogens is 306 g/mol. The molecule has 0 N–H and O–H groups in total. The van der Waals surface area contributed by atoms with E-state index in [-0.39, 0.29) is 6.04 Å². The van der Waals surface area contributed by atoms with E-state index in [0.29, 0.717) is 16.8 Å². The largest absolute Gasteiger partial charge is 0.308 e. The number of fused-ring (bicyclic) bond motifs is 1. The molecule has 2 saturated heterocycles. The van der Waals surface area contributed by atoms with Crippen LogP contribution in [0.4, 0.5) is 0 Å². The van der Waals surface area contributed by atoms with Crippen molar-refractivity contribution in [1.29, 1.82) is 0 Å². The first kappa shape index (κ1) is 15.4. The zero-order chi connectivity index (χ0) is 15.0. The molecule has 0 saturated carbocycles. The van der Waals surface area contributed by atoms with Gasteiger partial charge in [-0.3, -0.25) is 4.90 Å². The first-order valence-corrected chi connectivity index (χ1v) is 9.76. The summed E-state index contributed by atoms with van der Waals surface area (Å²) in [7, 11) is 0.869. The molecule has 2 fully saturated rings. The van der Waals surface area contributed by atoms with Crippen molar-refractivity contribution in [3.05, 3.63) is 17.5 Å². The van der Waals surface area contributed by atoms with E-state index < -0.39 is 10.0 Å². The van der Waals surface area contributed by atoms with E-state index >= 15 is 0 Å². The Hall–Kier alpha value is -0.470. The van der Waals surface area contributed by atoms with Crippen molar-refractivity contribution in [3.8, 4) is 0 Å². The summed E-state index contributed by atoms with van der Waals surface area (Å²) in [6.45, 7) is 3.73. The third kappa shape index (κ3) is 2.90. The monoisotopic (exact) mass is 329 g/mol. The van der Waals surface area contributed by atoms with Gasteiger partial charge >= 0.3 is 0 Å². The van der Waals surface area contributed by atoms with Gasteiger partial charge in [0.2, 0.25) is 0 Å². The smallest absolute Gasteiger partial charge is 0.252 e. The van der Waals surface area contributed by atoms with Crippen LogP contribution in [0.25, 0.3) is 0 Å². The molecule has 2 atom stereocenters. The molecule has 1 aromatic rings. The Morgan fingerprint density at radius 2 is 2.05 bits per heavy atom. The van der Waals surface area contributed by atoms with Crippen molar-refractivity contribution >= 4 is 21.4 Å². The summed E-state index contributed by atoms with van der Waals surface area (Å²) in [5.74, 6) is 0. The molecule has 3 heterocycles. The number of likely N-dealkylation sites (tertiary alicyclic amines) is 1. The van der Waals surface area contributed by atoms with Crippen molar-refractivity contribution < 1.29 is 8.42 Å². The van der Waals surface area contributed by atoms with Crippen molar-refractivity contribution in [2.45, 2.75) is 29.1 Å². The Morgan fingerprint density at radius 1 is 1.29 bits per heavy atom. The van der Waals surface area contributed by atoms with Crippen LogP contribution in [0.5, 0.6) is 0 Å². The van der Waals surface area contributed by atoms with Crippen molar-refractivity contribution in [3.63, 3.8) is 0 Å². The van der Waals surface area contributed by atoms with E-state index in [0.717, 1.165) is 32.5 Å². The minimum absolute atomic E-state index is 0.166. The number of hydrogen-bond donors (Lipinski definition) is 0. The van der Waals surface area contributed by atoms with Gasteiger partial charge in [0.15, 0.2) is 0 Å². The molecule has 7 heteroatoms. The molecule has 0 aromatic carbocycles. The molecular formula is C14H23N3O2S2. The molecule has 118 valence electrons. The minimum atomic E-state index is -3.29. The van der Waals surface area contributed by atoms with Crippen LogP contribution < -0.4 is 0 Å². The maximum atomic E-state index is 12.7.